The second-order valence-corrected chi connectivity index (χ2v) is 5.80. The summed E-state index contributed by atoms with van der Waals surface area (Å²) in [6, 6.07) is 12.2. The van der Waals surface area contributed by atoms with Crippen LogP contribution in [0.25, 0.3) is 10.9 Å². The van der Waals surface area contributed by atoms with E-state index in [0.717, 1.165) is 26.4 Å². The highest BCUT2D eigenvalue weighted by atomic mass is 32.2. The largest absolute Gasteiger partial charge is 0.324 e. The number of hydrogen-bond donors (Lipinski definition) is 1. The molecule has 0 aliphatic heterocycles. The van der Waals surface area contributed by atoms with Gasteiger partial charge in [-0.05, 0) is 36.8 Å². The second kappa shape index (κ2) is 5.79. The smallest absolute Gasteiger partial charge is 0.123 e. The highest BCUT2D eigenvalue weighted by Crippen LogP contribution is 2.35. The molecule has 0 saturated carbocycles. The van der Waals surface area contributed by atoms with Crippen LogP contribution in [0.1, 0.15) is 18.5 Å². The fourth-order valence-electron chi connectivity index (χ4n) is 2.13. The zero-order chi connectivity index (χ0) is 14.8. The van der Waals surface area contributed by atoms with Crippen LogP contribution in [0.4, 0.5) is 4.39 Å². The van der Waals surface area contributed by atoms with Gasteiger partial charge in [-0.25, -0.2) is 14.4 Å². The maximum atomic E-state index is 13.4. The average Bonchev–Trinajstić information content (AvgIpc) is 2.49. The Hall–Kier alpha value is -1.98. The van der Waals surface area contributed by atoms with Crippen molar-refractivity contribution in [2.24, 2.45) is 5.73 Å². The second-order valence-electron chi connectivity index (χ2n) is 4.77. The summed E-state index contributed by atoms with van der Waals surface area (Å²) in [4.78, 5) is 9.50. The number of para-hydroxylation sites is 1. The van der Waals surface area contributed by atoms with Crippen molar-refractivity contribution in [1.82, 2.24) is 9.97 Å². The lowest BCUT2D eigenvalue weighted by molar-refractivity contribution is 0.619. The lowest BCUT2D eigenvalue weighted by atomic mass is 10.1. The van der Waals surface area contributed by atoms with Crippen molar-refractivity contribution in [2.75, 3.05) is 0 Å². The van der Waals surface area contributed by atoms with E-state index in [2.05, 4.69) is 9.97 Å². The van der Waals surface area contributed by atoms with Crippen molar-refractivity contribution in [3.63, 3.8) is 0 Å². The lowest BCUT2D eigenvalue weighted by Gasteiger charge is -2.12. The van der Waals surface area contributed by atoms with Gasteiger partial charge in [0.2, 0.25) is 0 Å². The van der Waals surface area contributed by atoms with E-state index in [4.69, 9.17) is 5.73 Å². The summed E-state index contributed by atoms with van der Waals surface area (Å²) in [5.41, 5.74) is 7.61. The van der Waals surface area contributed by atoms with Crippen molar-refractivity contribution in [3.05, 3.63) is 60.2 Å². The van der Waals surface area contributed by atoms with E-state index in [1.54, 1.807) is 12.4 Å². The SMILES string of the molecule is CC(N)c1cc(F)ccc1Sc1ncnc2ccccc12. The zero-order valence-electron chi connectivity index (χ0n) is 11.5. The number of fused-ring (bicyclic) bond motifs is 1. The molecular weight excluding hydrogens is 285 g/mol. The molecule has 1 aromatic heterocycles. The third-order valence-electron chi connectivity index (χ3n) is 3.18. The number of rotatable bonds is 3. The number of nitrogens with zero attached hydrogens (tertiary/aromatic N) is 2. The molecule has 1 atom stereocenters. The van der Waals surface area contributed by atoms with Crippen LogP contribution in [-0.2, 0) is 0 Å². The molecule has 106 valence electrons. The Morgan fingerprint density at radius 1 is 1.14 bits per heavy atom. The molecule has 0 aliphatic rings. The first-order chi connectivity index (χ1) is 10.1. The van der Waals surface area contributed by atoms with Gasteiger partial charge in [-0.15, -0.1) is 0 Å². The van der Waals surface area contributed by atoms with E-state index in [-0.39, 0.29) is 11.9 Å². The Bertz CT molecular complexity index is 784. The van der Waals surface area contributed by atoms with Crippen LogP contribution in [0.3, 0.4) is 0 Å². The monoisotopic (exact) mass is 299 g/mol. The third kappa shape index (κ3) is 2.89. The zero-order valence-corrected chi connectivity index (χ0v) is 12.3. The first kappa shape index (κ1) is 14.0. The summed E-state index contributed by atoms with van der Waals surface area (Å²) >= 11 is 1.48. The maximum absolute atomic E-state index is 13.4. The van der Waals surface area contributed by atoms with Gasteiger partial charge in [0, 0.05) is 16.3 Å². The van der Waals surface area contributed by atoms with Crippen LogP contribution in [0.15, 0.2) is 58.7 Å². The molecular formula is C16H14FN3S. The molecule has 0 fully saturated rings. The van der Waals surface area contributed by atoms with E-state index >= 15 is 0 Å². The lowest BCUT2D eigenvalue weighted by Crippen LogP contribution is -2.07. The van der Waals surface area contributed by atoms with Gasteiger partial charge in [0.05, 0.1) is 5.52 Å². The normalized spacial score (nSPS) is 12.5. The van der Waals surface area contributed by atoms with E-state index in [1.165, 1.54) is 23.9 Å². The quantitative estimate of drug-likeness (QED) is 0.744. The van der Waals surface area contributed by atoms with Gasteiger partial charge in [-0.1, -0.05) is 30.0 Å². The molecule has 0 radical (unpaired) electrons. The predicted molar refractivity (Wildman–Crippen MR) is 82.7 cm³/mol. The fraction of sp³-hybridized carbons (Fsp3) is 0.125. The summed E-state index contributed by atoms with van der Waals surface area (Å²) in [5, 5.41) is 1.82. The highest BCUT2D eigenvalue weighted by molar-refractivity contribution is 7.99. The topological polar surface area (TPSA) is 51.8 Å². The predicted octanol–water partition coefficient (Wildman–Crippen LogP) is 3.94. The van der Waals surface area contributed by atoms with Crippen LogP contribution in [0.2, 0.25) is 0 Å². The Labute approximate surface area is 126 Å². The third-order valence-corrected chi connectivity index (χ3v) is 4.29. The Morgan fingerprint density at radius 2 is 1.95 bits per heavy atom. The molecule has 0 spiro atoms. The molecule has 3 aromatic rings. The molecule has 2 aromatic carbocycles. The number of halogens is 1. The maximum Gasteiger partial charge on any atom is 0.123 e. The molecule has 3 nitrogen and oxygen atoms in total. The number of aromatic nitrogens is 2. The van der Waals surface area contributed by atoms with Crippen molar-refractivity contribution in [3.8, 4) is 0 Å². The van der Waals surface area contributed by atoms with E-state index < -0.39 is 0 Å². The van der Waals surface area contributed by atoms with Gasteiger partial charge in [0.1, 0.15) is 17.2 Å². The Morgan fingerprint density at radius 3 is 2.76 bits per heavy atom. The number of benzene rings is 2. The van der Waals surface area contributed by atoms with Gasteiger partial charge in [-0.2, -0.15) is 0 Å². The fourth-order valence-corrected chi connectivity index (χ4v) is 3.22. The van der Waals surface area contributed by atoms with Crippen molar-refractivity contribution in [1.29, 1.82) is 0 Å². The van der Waals surface area contributed by atoms with Gasteiger partial charge >= 0.3 is 0 Å². The molecule has 1 heterocycles. The Kier molecular flexibility index (Phi) is 3.86. The summed E-state index contributed by atoms with van der Waals surface area (Å²) in [7, 11) is 0. The molecule has 0 bridgehead atoms. The Balaban J connectivity index is 2.07. The summed E-state index contributed by atoms with van der Waals surface area (Å²) in [6.45, 7) is 1.84. The molecule has 5 heteroatoms. The van der Waals surface area contributed by atoms with Gasteiger partial charge in [0.15, 0.2) is 0 Å². The molecule has 0 saturated heterocycles. The first-order valence-electron chi connectivity index (χ1n) is 6.58. The van der Waals surface area contributed by atoms with Crippen LogP contribution >= 0.6 is 11.8 Å². The molecule has 3 rings (SSSR count). The van der Waals surface area contributed by atoms with E-state index in [0.29, 0.717) is 0 Å². The molecule has 0 aliphatic carbocycles. The summed E-state index contributed by atoms with van der Waals surface area (Å²) in [5.74, 6) is -0.279. The number of nitrogens with two attached hydrogens (primary N) is 1. The number of hydrogen-bond acceptors (Lipinski definition) is 4. The molecule has 21 heavy (non-hydrogen) atoms. The first-order valence-corrected chi connectivity index (χ1v) is 7.39. The van der Waals surface area contributed by atoms with E-state index in [9.17, 15) is 4.39 Å². The van der Waals surface area contributed by atoms with Crippen LogP contribution in [0.5, 0.6) is 0 Å². The molecule has 0 amide bonds. The standard InChI is InChI=1S/C16H14FN3S/c1-10(18)13-8-11(17)6-7-15(13)21-16-12-4-2-3-5-14(12)19-9-20-16/h2-10H,18H2,1H3. The average molecular weight is 299 g/mol. The van der Waals surface area contributed by atoms with Crippen LogP contribution in [0, 0.1) is 5.82 Å². The minimum Gasteiger partial charge on any atom is -0.324 e. The van der Waals surface area contributed by atoms with Crippen molar-refractivity contribution >= 4 is 22.7 Å². The molecule has 1 unspecified atom stereocenters. The summed E-state index contributed by atoms with van der Waals surface area (Å²) < 4.78 is 13.4. The highest BCUT2D eigenvalue weighted by Gasteiger charge is 2.12. The van der Waals surface area contributed by atoms with Crippen molar-refractivity contribution < 1.29 is 4.39 Å². The van der Waals surface area contributed by atoms with Crippen molar-refractivity contribution in [2.45, 2.75) is 22.9 Å². The van der Waals surface area contributed by atoms with Crippen LogP contribution in [-0.4, -0.2) is 9.97 Å². The van der Waals surface area contributed by atoms with Gasteiger partial charge < -0.3 is 5.73 Å². The summed E-state index contributed by atoms with van der Waals surface area (Å²) in [6.07, 6.45) is 1.54. The molecule has 2 N–H and O–H groups in total. The van der Waals surface area contributed by atoms with E-state index in [1.807, 2.05) is 31.2 Å². The minimum atomic E-state index is -0.279. The van der Waals surface area contributed by atoms with Gasteiger partial charge in [0.25, 0.3) is 0 Å². The van der Waals surface area contributed by atoms with Crippen LogP contribution < -0.4 is 5.73 Å². The van der Waals surface area contributed by atoms with Gasteiger partial charge in [-0.3, -0.25) is 0 Å². The minimum absolute atomic E-state index is 0.240.